The molecule has 2 bridgehead atoms. The van der Waals surface area contributed by atoms with Crippen molar-refractivity contribution in [1.29, 1.82) is 0 Å². The highest BCUT2D eigenvalue weighted by Gasteiger charge is 2.36. The Balaban J connectivity index is 1.75. The van der Waals surface area contributed by atoms with E-state index in [0.717, 1.165) is 37.9 Å². The number of nitrogens with zero attached hydrogens (tertiary/aromatic N) is 1. The second-order valence-electron chi connectivity index (χ2n) is 5.35. The topological polar surface area (TPSA) is 34.1 Å². The van der Waals surface area contributed by atoms with Crippen molar-refractivity contribution in [3.8, 4) is 5.88 Å². The summed E-state index contributed by atoms with van der Waals surface area (Å²) in [5, 5.41) is 3.04. The van der Waals surface area contributed by atoms with Crippen LogP contribution < -0.4 is 10.1 Å². The molecule has 2 fully saturated rings. The molecule has 0 aliphatic carbocycles. The summed E-state index contributed by atoms with van der Waals surface area (Å²) >= 11 is 5.53. The number of alkyl halides is 3. The zero-order valence-corrected chi connectivity index (χ0v) is 11.3. The third-order valence-electron chi connectivity index (χ3n) is 3.85. The number of hydrogen-bond acceptors (Lipinski definition) is 3. The number of pyridine rings is 1. The zero-order chi connectivity index (χ0) is 14.3. The summed E-state index contributed by atoms with van der Waals surface area (Å²) in [6, 6.07) is 1.70. The minimum Gasteiger partial charge on any atom is -0.474 e. The Labute approximate surface area is 119 Å². The molecule has 0 aromatic carbocycles. The maximum absolute atomic E-state index is 12.8. The summed E-state index contributed by atoms with van der Waals surface area (Å²) in [6.07, 6.45) is 0.243. The van der Waals surface area contributed by atoms with Crippen LogP contribution in [0.4, 0.5) is 13.2 Å². The molecule has 2 aliphatic heterocycles. The summed E-state index contributed by atoms with van der Waals surface area (Å²) in [6.45, 7) is 0. The lowest BCUT2D eigenvalue weighted by atomic mass is 10.0. The monoisotopic (exact) mass is 306 g/mol. The molecule has 0 spiro atoms. The van der Waals surface area contributed by atoms with Crippen molar-refractivity contribution in [2.24, 2.45) is 0 Å². The van der Waals surface area contributed by atoms with E-state index < -0.39 is 16.8 Å². The van der Waals surface area contributed by atoms with Crippen LogP contribution in [-0.4, -0.2) is 23.2 Å². The first-order valence-corrected chi connectivity index (χ1v) is 6.95. The van der Waals surface area contributed by atoms with Gasteiger partial charge in [-0.05, 0) is 25.7 Å². The molecule has 1 aromatic heterocycles. The predicted molar refractivity (Wildman–Crippen MR) is 67.8 cm³/mol. The van der Waals surface area contributed by atoms with Gasteiger partial charge < -0.3 is 10.1 Å². The van der Waals surface area contributed by atoms with E-state index in [1.807, 2.05) is 0 Å². The van der Waals surface area contributed by atoms with Gasteiger partial charge in [0.1, 0.15) is 6.10 Å². The highest BCUT2D eigenvalue weighted by atomic mass is 35.5. The third-order valence-corrected chi connectivity index (χ3v) is 4.15. The Morgan fingerprint density at radius 3 is 2.50 bits per heavy atom. The Morgan fingerprint density at radius 2 is 1.90 bits per heavy atom. The summed E-state index contributed by atoms with van der Waals surface area (Å²) in [7, 11) is 0. The van der Waals surface area contributed by atoms with Crippen LogP contribution in [0.15, 0.2) is 12.3 Å². The van der Waals surface area contributed by atoms with E-state index in [0.29, 0.717) is 12.1 Å². The highest BCUT2D eigenvalue weighted by molar-refractivity contribution is 6.31. The second kappa shape index (κ2) is 5.07. The Morgan fingerprint density at radius 1 is 1.25 bits per heavy atom. The van der Waals surface area contributed by atoms with E-state index in [9.17, 15) is 13.2 Å². The van der Waals surface area contributed by atoms with Gasteiger partial charge in [0.05, 0.1) is 16.8 Å². The van der Waals surface area contributed by atoms with Gasteiger partial charge in [-0.25, -0.2) is 4.98 Å². The van der Waals surface area contributed by atoms with Crippen LogP contribution in [-0.2, 0) is 6.18 Å². The maximum atomic E-state index is 12.8. The molecule has 3 atom stereocenters. The first-order valence-electron chi connectivity index (χ1n) is 6.57. The molecule has 1 N–H and O–H groups in total. The molecule has 2 saturated heterocycles. The first kappa shape index (κ1) is 13.9. The molecule has 7 heteroatoms. The molecule has 0 amide bonds. The lowest BCUT2D eigenvalue weighted by Gasteiger charge is -2.29. The molecule has 20 heavy (non-hydrogen) atoms. The fourth-order valence-electron chi connectivity index (χ4n) is 2.97. The molecular weight excluding hydrogens is 293 g/mol. The van der Waals surface area contributed by atoms with E-state index in [4.69, 9.17) is 16.3 Å². The molecular formula is C13H14ClF3N2O. The largest absolute Gasteiger partial charge is 0.474 e. The van der Waals surface area contributed by atoms with Crippen molar-refractivity contribution in [1.82, 2.24) is 10.3 Å². The van der Waals surface area contributed by atoms with Gasteiger partial charge >= 0.3 is 6.18 Å². The number of aromatic nitrogens is 1. The van der Waals surface area contributed by atoms with Gasteiger partial charge in [0.25, 0.3) is 0 Å². The average Bonchev–Trinajstić information content (AvgIpc) is 2.70. The summed E-state index contributed by atoms with van der Waals surface area (Å²) in [5.74, 6) is -0.00646. The van der Waals surface area contributed by atoms with Crippen molar-refractivity contribution in [3.05, 3.63) is 22.8 Å². The molecule has 2 aliphatic rings. The number of halogens is 4. The lowest BCUT2D eigenvalue weighted by molar-refractivity contribution is -0.137. The van der Waals surface area contributed by atoms with E-state index in [2.05, 4.69) is 10.3 Å². The number of hydrogen-bond donors (Lipinski definition) is 1. The average molecular weight is 307 g/mol. The predicted octanol–water partition coefficient (Wildman–Crippen LogP) is 3.42. The molecule has 1 aromatic rings. The Hall–Kier alpha value is -1.01. The molecule has 3 rings (SSSR count). The maximum Gasteiger partial charge on any atom is 0.418 e. The minimum absolute atomic E-state index is 0.00646. The summed E-state index contributed by atoms with van der Waals surface area (Å²) < 4.78 is 43.9. The minimum atomic E-state index is -4.49. The van der Waals surface area contributed by atoms with E-state index in [1.165, 1.54) is 0 Å². The van der Waals surface area contributed by atoms with E-state index in [1.54, 1.807) is 0 Å². The van der Waals surface area contributed by atoms with Gasteiger partial charge in [-0.15, -0.1) is 0 Å². The van der Waals surface area contributed by atoms with Gasteiger partial charge in [0, 0.05) is 18.2 Å². The first-order chi connectivity index (χ1) is 9.41. The standard InChI is InChI=1S/C13H14ClF3N2O/c14-11-6-18-12(5-10(11)13(15,16)17)20-9-3-7-1-2-8(4-9)19-7/h5-9,19H,1-4H2/t7-,8+,9+. The van der Waals surface area contributed by atoms with Gasteiger partial charge in [-0.3, -0.25) is 0 Å². The van der Waals surface area contributed by atoms with Gasteiger partial charge in [0.15, 0.2) is 0 Å². The van der Waals surface area contributed by atoms with Crippen LogP contribution in [0.1, 0.15) is 31.2 Å². The van der Waals surface area contributed by atoms with Crippen LogP contribution in [0.2, 0.25) is 5.02 Å². The van der Waals surface area contributed by atoms with Crippen molar-refractivity contribution in [2.75, 3.05) is 0 Å². The van der Waals surface area contributed by atoms with Crippen LogP contribution in [0.5, 0.6) is 5.88 Å². The number of fused-ring (bicyclic) bond motifs is 2. The van der Waals surface area contributed by atoms with Crippen molar-refractivity contribution in [3.63, 3.8) is 0 Å². The van der Waals surface area contributed by atoms with Crippen LogP contribution in [0.25, 0.3) is 0 Å². The Bertz CT molecular complexity index is 497. The van der Waals surface area contributed by atoms with Crippen molar-refractivity contribution in [2.45, 2.75) is 50.0 Å². The second-order valence-corrected chi connectivity index (χ2v) is 5.76. The molecule has 110 valence electrons. The van der Waals surface area contributed by atoms with Crippen molar-refractivity contribution < 1.29 is 17.9 Å². The fourth-order valence-corrected chi connectivity index (χ4v) is 3.18. The molecule has 3 heterocycles. The number of ether oxygens (including phenoxy) is 1. The molecule has 0 radical (unpaired) electrons. The lowest BCUT2D eigenvalue weighted by Crippen LogP contribution is -2.42. The molecule has 0 saturated carbocycles. The smallest absolute Gasteiger partial charge is 0.418 e. The van der Waals surface area contributed by atoms with Crippen LogP contribution >= 0.6 is 11.6 Å². The highest BCUT2D eigenvalue weighted by Crippen LogP contribution is 2.36. The van der Waals surface area contributed by atoms with E-state index in [-0.39, 0.29) is 12.0 Å². The number of piperidine rings is 1. The van der Waals surface area contributed by atoms with Crippen LogP contribution in [0.3, 0.4) is 0 Å². The van der Waals surface area contributed by atoms with Crippen LogP contribution in [0, 0.1) is 0 Å². The van der Waals surface area contributed by atoms with Gasteiger partial charge in [0.2, 0.25) is 5.88 Å². The molecule has 3 nitrogen and oxygen atoms in total. The fraction of sp³-hybridized carbons (Fsp3) is 0.615. The third kappa shape index (κ3) is 2.86. The van der Waals surface area contributed by atoms with Gasteiger partial charge in [-0.2, -0.15) is 13.2 Å². The summed E-state index contributed by atoms with van der Waals surface area (Å²) in [5.41, 5.74) is -0.902. The SMILES string of the molecule is FC(F)(F)c1cc(O[C@H]2C[C@H]3CC[C@@H](C2)N3)ncc1Cl. The normalized spacial score (nSPS) is 29.5. The Kier molecular flexibility index (Phi) is 3.54. The van der Waals surface area contributed by atoms with E-state index >= 15 is 0 Å². The zero-order valence-electron chi connectivity index (χ0n) is 10.6. The number of nitrogens with one attached hydrogen (secondary N) is 1. The summed E-state index contributed by atoms with van der Waals surface area (Å²) in [4.78, 5) is 3.84. The molecule has 0 unspecified atom stereocenters. The van der Waals surface area contributed by atoms with Gasteiger partial charge in [-0.1, -0.05) is 11.6 Å². The quantitative estimate of drug-likeness (QED) is 0.909. The van der Waals surface area contributed by atoms with Crippen molar-refractivity contribution >= 4 is 11.6 Å². The number of rotatable bonds is 2.